The van der Waals surface area contributed by atoms with Crippen LogP contribution in [-0.2, 0) is 9.59 Å². The quantitative estimate of drug-likeness (QED) is 0.671. The Morgan fingerprint density at radius 2 is 1.91 bits per heavy atom. The van der Waals surface area contributed by atoms with Crippen LogP contribution in [0.1, 0.15) is 37.3 Å². The number of carbonyl (C=O) groups is 2. The molecule has 170 valence electrons. The molecule has 0 bridgehead atoms. The predicted octanol–water partition coefficient (Wildman–Crippen LogP) is 4.22. The monoisotopic (exact) mass is 465 g/mol. The number of halogens is 4. The van der Waals surface area contributed by atoms with Crippen molar-refractivity contribution in [3.05, 3.63) is 64.9 Å². The molecule has 2 aromatic rings. The van der Waals surface area contributed by atoms with Crippen LogP contribution < -0.4 is 15.5 Å². The van der Waals surface area contributed by atoms with E-state index in [1.165, 1.54) is 29.2 Å². The number of anilines is 1. The Labute approximate surface area is 188 Å². The molecule has 2 N–H and O–H groups in total. The molecule has 2 amide bonds. The summed E-state index contributed by atoms with van der Waals surface area (Å²) >= 11 is 6.39. The summed E-state index contributed by atoms with van der Waals surface area (Å²) in [7, 11) is 0. The maximum absolute atomic E-state index is 14.1. The molecule has 2 aromatic carbocycles. The molecule has 0 aromatic heterocycles. The van der Waals surface area contributed by atoms with Gasteiger partial charge in [-0.3, -0.25) is 14.5 Å². The zero-order chi connectivity index (χ0) is 22.9. The highest BCUT2D eigenvalue weighted by Gasteiger charge is 2.47. The van der Waals surface area contributed by atoms with Crippen LogP contribution in [0.25, 0.3) is 0 Å². The van der Waals surface area contributed by atoms with Crippen LogP contribution in [0.2, 0.25) is 5.02 Å². The van der Waals surface area contributed by atoms with Gasteiger partial charge in [0.25, 0.3) is 5.92 Å². The van der Waals surface area contributed by atoms with Crippen LogP contribution in [0.15, 0.2) is 48.5 Å². The van der Waals surface area contributed by atoms with Crippen molar-refractivity contribution < 1.29 is 22.8 Å². The van der Waals surface area contributed by atoms with Gasteiger partial charge in [0, 0.05) is 35.2 Å². The minimum absolute atomic E-state index is 0.183. The highest BCUT2D eigenvalue weighted by molar-refractivity contribution is 6.31. The van der Waals surface area contributed by atoms with Gasteiger partial charge in [0.05, 0.1) is 6.04 Å². The van der Waals surface area contributed by atoms with E-state index >= 15 is 0 Å². The van der Waals surface area contributed by atoms with Crippen molar-refractivity contribution in [2.45, 2.75) is 49.7 Å². The van der Waals surface area contributed by atoms with Crippen LogP contribution in [0, 0.1) is 5.82 Å². The Hall–Kier alpha value is -2.58. The van der Waals surface area contributed by atoms with Crippen molar-refractivity contribution in [3.63, 3.8) is 0 Å². The number of carbonyl (C=O) groups excluding carboxylic acids is 2. The van der Waals surface area contributed by atoms with Crippen LogP contribution in [-0.4, -0.2) is 36.4 Å². The third-order valence-corrected chi connectivity index (χ3v) is 6.17. The normalized spacial score (nSPS) is 20.9. The molecular weight excluding hydrogens is 443 g/mol. The second-order valence-electron chi connectivity index (χ2n) is 8.23. The van der Waals surface area contributed by atoms with E-state index in [9.17, 15) is 22.8 Å². The Morgan fingerprint density at radius 1 is 1.16 bits per heavy atom. The van der Waals surface area contributed by atoms with Gasteiger partial charge in [0.1, 0.15) is 11.9 Å². The van der Waals surface area contributed by atoms with Gasteiger partial charge < -0.3 is 10.6 Å². The first-order valence-electron chi connectivity index (χ1n) is 10.5. The van der Waals surface area contributed by atoms with Crippen molar-refractivity contribution in [3.8, 4) is 0 Å². The lowest BCUT2D eigenvalue weighted by molar-refractivity contribution is -0.133. The second-order valence-corrected chi connectivity index (χ2v) is 8.64. The topological polar surface area (TPSA) is 61.4 Å². The highest BCUT2D eigenvalue weighted by atomic mass is 35.5. The summed E-state index contributed by atoms with van der Waals surface area (Å²) < 4.78 is 40.8. The van der Waals surface area contributed by atoms with E-state index in [1.54, 1.807) is 24.3 Å². The summed E-state index contributed by atoms with van der Waals surface area (Å²) in [5, 5.41) is 5.96. The fourth-order valence-corrected chi connectivity index (χ4v) is 4.47. The first-order chi connectivity index (χ1) is 15.2. The smallest absolute Gasteiger partial charge is 0.252 e. The van der Waals surface area contributed by atoms with Gasteiger partial charge in [0.2, 0.25) is 11.8 Å². The standard InChI is InChI=1S/C23H23ClF3N3O2/c24-18-8-2-1-7-17(18)20(21(31)29-15-12-23(26,27)13-15)30(16-6-3-5-14(25)11-16)22(32)19-9-4-10-28-19/h1-3,5-8,11,15,19-20,28H,4,9-10,12-13H2,(H,29,31)/t19-,20-/m0/s1. The molecule has 0 unspecified atom stereocenters. The molecule has 9 heteroatoms. The van der Waals surface area contributed by atoms with E-state index in [4.69, 9.17) is 11.6 Å². The van der Waals surface area contributed by atoms with Gasteiger partial charge in [-0.25, -0.2) is 13.2 Å². The maximum atomic E-state index is 14.1. The minimum atomic E-state index is -2.82. The SMILES string of the molecule is O=C(NC1CC(F)(F)C1)[C@H](c1ccccc1Cl)N(C(=O)[C@@H]1CCCN1)c1cccc(F)c1. The van der Waals surface area contributed by atoms with Crippen molar-refractivity contribution in [1.82, 2.24) is 10.6 Å². The van der Waals surface area contributed by atoms with E-state index in [0.29, 0.717) is 18.5 Å². The minimum Gasteiger partial charge on any atom is -0.351 e. The summed E-state index contributed by atoms with van der Waals surface area (Å²) in [5.41, 5.74) is 0.510. The van der Waals surface area contributed by atoms with Crippen LogP contribution >= 0.6 is 11.6 Å². The van der Waals surface area contributed by atoms with Crippen molar-refractivity contribution in [1.29, 1.82) is 0 Å². The lowest BCUT2D eigenvalue weighted by Gasteiger charge is -2.38. The van der Waals surface area contributed by atoms with E-state index in [0.717, 1.165) is 6.42 Å². The zero-order valence-electron chi connectivity index (χ0n) is 17.2. The van der Waals surface area contributed by atoms with Gasteiger partial charge in [-0.05, 0) is 43.7 Å². The third-order valence-electron chi connectivity index (χ3n) is 5.83. The molecule has 32 heavy (non-hydrogen) atoms. The first-order valence-corrected chi connectivity index (χ1v) is 10.9. The molecule has 4 rings (SSSR count). The van der Waals surface area contributed by atoms with E-state index < -0.39 is 54.5 Å². The molecule has 2 atom stereocenters. The molecule has 1 aliphatic heterocycles. The van der Waals surface area contributed by atoms with E-state index in [-0.39, 0.29) is 10.7 Å². The van der Waals surface area contributed by atoms with Gasteiger partial charge in [-0.15, -0.1) is 0 Å². The highest BCUT2D eigenvalue weighted by Crippen LogP contribution is 2.39. The molecule has 1 aliphatic carbocycles. The van der Waals surface area contributed by atoms with Gasteiger partial charge >= 0.3 is 0 Å². The van der Waals surface area contributed by atoms with Crippen molar-refractivity contribution >= 4 is 29.1 Å². The van der Waals surface area contributed by atoms with Gasteiger partial charge in [-0.2, -0.15) is 0 Å². The van der Waals surface area contributed by atoms with Gasteiger partial charge in [-0.1, -0.05) is 35.9 Å². The second kappa shape index (κ2) is 9.11. The zero-order valence-corrected chi connectivity index (χ0v) is 17.9. The first kappa shape index (κ1) is 22.6. The predicted molar refractivity (Wildman–Crippen MR) is 115 cm³/mol. The molecule has 5 nitrogen and oxygen atoms in total. The number of hydrogen-bond acceptors (Lipinski definition) is 3. The van der Waals surface area contributed by atoms with Crippen molar-refractivity contribution in [2.24, 2.45) is 0 Å². The fourth-order valence-electron chi connectivity index (χ4n) is 4.23. The van der Waals surface area contributed by atoms with Gasteiger partial charge in [0.15, 0.2) is 0 Å². The molecule has 2 aliphatic rings. The molecule has 1 heterocycles. The van der Waals surface area contributed by atoms with Crippen molar-refractivity contribution in [2.75, 3.05) is 11.4 Å². The fraction of sp³-hybridized carbons (Fsp3) is 0.391. The molecule has 0 radical (unpaired) electrons. The number of nitrogens with one attached hydrogen (secondary N) is 2. The van der Waals surface area contributed by atoms with Crippen LogP contribution in [0.3, 0.4) is 0 Å². The number of hydrogen-bond donors (Lipinski definition) is 2. The van der Waals surface area contributed by atoms with E-state index in [2.05, 4.69) is 10.6 Å². The average Bonchev–Trinajstić information content (AvgIpc) is 3.26. The van der Waals surface area contributed by atoms with Crippen LogP contribution in [0.4, 0.5) is 18.9 Å². The molecule has 1 saturated heterocycles. The average molecular weight is 466 g/mol. The molecular formula is C23H23ClF3N3O2. The molecule has 2 fully saturated rings. The largest absolute Gasteiger partial charge is 0.351 e. The summed E-state index contributed by atoms with van der Waals surface area (Å²) in [6.07, 6.45) is 0.419. The summed E-state index contributed by atoms with van der Waals surface area (Å²) in [4.78, 5) is 28.2. The summed E-state index contributed by atoms with van der Waals surface area (Å²) in [5.74, 6) is -4.44. The number of alkyl halides is 2. The Balaban J connectivity index is 1.76. The summed E-state index contributed by atoms with van der Waals surface area (Å²) in [6.45, 7) is 0.646. The number of benzene rings is 2. The lowest BCUT2D eigenvalue weighted by atomic mass is 9.87. The van der Waals surface area contributed by atoms with Crippen LogP contribution in [0.5, 0.6) is 0 Å². The Bertz CT molecular complexity index is 1010. The van der Waals surface area contributed by atoms with E-state index in [1.807, 2.05) is 0 Å². The number of rotatable bonds is 6. The Kier molecular flexibility index (Phi) is 6.44. The maximum Gasteiger partial charge on any atom is 0.252 e. The molecule has 0 spiro atoms. The number of nitrogens with zero attached hydrogens (tertiary/aromatic N) is 1. The molecule has 1 saturated carbocycles. The third kappa shape index (κ3) is 4.76. The number of amides is 2. The lowest BCUT2D eigenvalue weighted by Crippen LogP contribution is -2.55. The summed E-state index contributed by atoms with van der Waals surface area (Å²) in [6, 6.07) is 9.39. The Morgan fingerprint density at radius 3 is 2.53 bits per heavy atom.